The number of benzene rings is 2. The number of amides is 1. The molecule has 1 N–H and O–H groups in total. The molecule has 0 radical (unpaired) electrons. The first-order valence-corrected chi connectivity index (χ1v) is 17.1. The molecule has 0 aliphatic heterocycles. The Hall–Kier alpha value is -4.87. The van der Waals surface area contributed by atoms with Crippen LogP contribution in [0.4, 0.5) is 0 Å². The SMILES string of the molecule is COCCCOc1ccnc(CS(=O)c2nc3ccccc3[nH]2)c1C.Cc1ccc(-c2nc3ccc(C)cn3c2CC(=O)N(C)C)cc1. The summed E-state index contributed by atoms with van der Waals surface area (Å²) in [4.78, 5) is 30.5. The molecule has 11 heteroatoms. The van der Waals surface area contributed by atoms with Crippen LogP contribution in [0.25, 0.3) is 27.9 Å². The van der Waals surface area contributed by atoms with Gasteiger partial charge in [0.2, 0.25) is 5.91 Å². The van der Waals surface area contributed by atoms with Gasteiger partial charge in [-0.05, 0) is 50.6 Å². The predicted molar refractivity (Wildman–Crippen MR) is 190 cm³/mol. The van der Waals surface area contributed by atoms with E-state index in [1.165, 1.54) is 5.56 Å². The monoisotopic (exact) mass is 666 g/mol. The summed E-state index contributed by atoms with van der Waals surface area (Å²) in [6, 6.07) is 21.8. The first-order chi connectivity index (χ1) is 23.1. The van der Waals surface area contributed by atoms with Crippen molar-refractivity contribution in [1.82, 2.24) is 29.2 Å². The fourth-order valence-corrected chi connectivity index (χ4v) is 6.19. The molecular weight excluding hydrogens is 625 g/mol. The topological polar surface area (TPSA) is 115 Å². The molecule has 10 nitrogen and oxygen atoms in total. The number of aromatic amines is 1. The molecule has 0 spiro atoms. The second-order valence-electron chi connectivity index (χ2n) is 11.8. The quantitative estimate of drug-likeness (QED) is 0.163. The summed E-state index contributed by atoms with van der Waals surface area (Å²) >= 11 is 0. The van der Waals surface area contributed by atoms with Crippen molar-refractivity contribution in [2.45, 2.75) is 44.5 Å². The third kappa shape index (κ3) is 8.34. The molecule has 250 valence electrons. The molecule has 1 atom stereocenters. The zero-order chi connectivity index (χ0) is 34.2. The number of carbonyl (C=O) groups excluding carboxylic acids is 1. The van der Waals surface area contributed by atoms with Crippen molar-refractivity contribution >= 4 is 33.4 Å². The van der Waals surface area contributed by atoms with E-state index < -0.39 is 10.8 Å². The highest BCUT2D eigenvalue weighted by molar-refractivity contribution is 7.84. The summed E-state index contributed by atoms with van der Waals surface area (Å²) in [5, 5.41) is 0.466. The van der Waals surface area contributed by atoms with E-state index in [2.05, 4.69) is 46.1 Å². The van der Waals surface area contributed by atoms with Crippen LogP contribution < -0.4 is 4.74 Å². The Kier molecular flexibility index (Phi) is 11.4. The Morgan fingerprint density at radius 3 is 2.42 bits per heavy atom. The molecule has 0 bridgehead atoms. The summed E-state index contributed by atoms with van der Waals surface area (Å²) in [5.74, 6) is 1.13. The molecule has 6 rings (SSSR count). The third-order valence-electron chi connectivity index (χ3n) is 7.87. The van der Waals surface area contributed by atoms with Crippen LogP contribution in [0.15, 0.2) is 84.3 Å². The van der Waals surface area contributed by atoms with Gasteiger partial charge in [0.25, 0.3) is 0 Å². The molecule has 1 amide bonds. The summed E-state index contributed by atoms with van der Waals surface area (Å²) in [5.41, 5.74) is 9.43. The number of aromatic nitrogens is 5. The minimum Gasteiger partial charge on any atom is -0.493 e. The number of hydrogen-bond acceptors (Lipinski definition) is 7. The minimum absolute atomic E-state index is 0.0710. The number of ether oxygens (including phenoxy) is 2. The number of fused-ring (bicyclic) bond motifs is 2. The minimum atomic E-state index is -1.30. The molecule has 6 aromatic rings. The van der Waals surface area contributed by atoms with Gasteiger partial charge in [0, 0.05) is 57.8 Å². The van der Waals surface area contributed by atoms with E-state index in [9.17, 15) is 9.00 Å². The maximum absolute atomic E-state index is 12.7. The molecule has 4 heterocycles. The van der Waals surface area contributed by atoms with Gasteiger partial charge in [0.15, 0.2) is 5.16 Å². The number of pyridine rings is 2. The van der Waals surface area contributed by atoms with Crippen molar-refractivity contribution in [3.05, 3.63) is 107 Å². The Bertz CT molecular complexity index is 2000. The lowest BCUT2D eigenvalue weighted by molar-refractivity contribution is -0.128. The molecule has 4 aromatic heterocycles. The van der Waals surface area contributed by atoms with Crippen LogP contribution in [0.2, 0.25) is 0 Å². The maximum Gasteiger partial charge on any atom is 0.228 e. The Morgan fingerprint density at radius 1 is 0.938 bits per heavy atom. The number of aryl methyl sites for hydroxylation is 2. The van der Waals surface area contributed by atoms with E-state index in [-0.39, 0.29) is 5.91 Å². The summed E-state index contributed by atoms with van der Waals surface area (Å²) in [7, 11) is 3.93. The number of nitrogens with zero attached hydrogens (tertiary/aromatic N) is 5. The molecule has 0 saturated carbocycles. The lowest BCUT2D eigenvalue weighted by atomic mass is 10.1. The van der Waals surface area contributed by atoms with Gasteiger partial charge in [0.1, 0.15) is 11.4 Å². The molecule has 0 aliphatic rings. The zero-order valence-electron chi connectivity index (χ0n) is 28.3. The first-order valence-electron chi connectivity index (χ1n) is 15.8. The second kappa shape index (κ2) is 15.8. The Balaban J connectivity index is 0.000000188. The van der Waals surface area contributed by atoms with Crippen molar-refractivity contribution in [1.29, 1.82) is 0 Å². The van der Waals surface area contributed by atoms with Gasteiger partial charge in [-0.15, -0.1) is 0 Å². The van der Waals surface area contributed by atoms with E-state index in [1.54, 1.807) is 32.3 Å². The number of nitrogens with one attached hydrogen (secondary N) is 1. The van der Waals surface area contributed by atoms with Crippen molar-refractivity contribution in [2.24, 2.45) is 0 Å². The standard InChI is InChI=1S/C19H21N3O.C18H21N3O3S/c1-13-5-8-15(9-6-13)19-16(11-18(23)21(3)4)22-12-14(2)7-10-17(22)20-19;1-13-16(19-9-8-17(13)24-11-5-10-23-2)12-25(22)18-20-14-6-3-4-7-15(14)21-18/h5-10,12H,11H2,1-4H3;3-4,6-9H,5,10-12H2,1-2H3,(H,20,21). The number of rotatable bonds is 11. The smallest absolute Gasteiger partial charge is 0.228 e. The van der Waals surface area contributed by atoms with Crippen LogP contribution in [0.5, 0.6) is 5.75 Å². The largest absolute Gasteiger partial charge is 0.493 e. The molecule has 48 heavy (non-hydrogen) atoms. The summed E-state index contributed by atoms with van der Waals surface area (Å²) in [6.07, 6.45) is 4.88. The molecular formula is C37H42N6O4S. The molecule has 0 saturated heterocycles. The highest BCUT2D eigenvalue weighted by Crippen LogP contribution is 2.26. The number of H-pyrrole nitrogens is 1. The van der Waals surface area contributed by atoms with Crippen LogP contribution in [0.3, 0.4) is 0 Å². The van der Waals surface area contributed by atoms with Crippen LogP contribution in [0, 0.1) is 20.8 Å². The predicted octanol–water partition coefficient (Wildman–Crippen LogP) is 6.24. The van der Waals surface area contributed by atoms with E-state index in [0.717, 1.165) is 62.6 Å². The van der Waals surface area contributed by atoms with E-state index >= 15 is 0 Å². The van der Waals surface area contributed by atoms with Gasteiger partial charge in [-0.25, -0.2) is 9.97 Å². The van der Waals surface area contributed by atoms with E-state index in [0.29, 0.717) is 30.5 Å². The van der Waals surface area contributed by atoms with Gasteiger partial charge >= 0.3 is 0 Å². The average Bonchev–Trinajstić information content (AvgIpc) is 3.67. The third-order valence-corrected chi connectivity index (χ3v) is 9.03. The van der Waals surface area contributed by atoms with Crippen molar-refractivity contribution < 1.29 is 18.5 Å². The van der Waals surface area contributed by atoms with Crippen LogP contribution >= 0.6 is 0 Å². The van der Waals surface area contributed by atoms with Crippen molar-refractivity contribution in [3.8, 4) is 17.0 Å². The highest BCUT2D eigenvalue weighted by Gasteiger charge is 2.18. The summed E-state index contributed by atoms with van der Waals surface area (Å²) < 4.78 is 25.5. The molecule has 0 aliphatic carbocycles. The van der Waals surface area contributed by atoms with Gasteiger partial charge in [-0.3, -0.25) is 14.0 Å². The average molecular weight is 667 g/mol. The van der Waals surface area contributed by atoms with Gasteiger partial charge < -0.3 is 23.8 Å². The number of imidazole rings is 2. The highest BCUT2D eigenvalue weighted by atomic mass is 32.2. The van der Waals surface area contributed by atoms with E-state index in [4.69, 9.17) is 14.5 Å². The number of hydrogen-bond donors (Lipinski definition) is 1. The number of likely N-dealkylation sites (N-methyl/N-ethyl adjacent to an activating group) is 1. The number of carbonyl (C=O) groups is 1. The van der Waals surface area contributed by atoms with Crippen LogP contribution in [-0.2, 0) is 32.5 Å². The van der Waals surface area contributed by atoms with Crippen LogP contribution in [-0.4, -0.2) is 73.8 Å². The fourth-order valence-electron chi connectivity index (χ4n) is 5.09. The zero-order valence-corrected chi connectivity index (χ0v) is 29.1. The van der Waals surface area contributed by atoms with Crippen LogP contribution in [0.1, 0.15) is 34.5 Å². The Labute approximate surface area is 283 Å². The van der Waals surface area contributed by atoms with Crippen molar-refractivity contribution in [3.63, 3.8) is 0 Å². The second-order valence-corrected chi connectivity index (χ2v) is 13.2. The Morgan fingerprint density at radius 2 is 1.69 bits per heavy atom. The molecule has 1 unspecified atom stereocenters. The number of para-hydroxylation sites is 2. The van der Waals surface area contributed by atoms with Gasteiger partial charge in [-0.1, -0.05) is 48.0 Å². The maximum atomic E-state index is 12.7. The lowest BCUT2D eigenvalue weighted by Gasteiger charge is -2.11. The molecule has 2 aromatic carbocycles. The van der Waals surface area contributed by atoms with E-state index in [1.807, 2.05) is 66.9 Å². The number of methoxy groups -OCH3 is 1. The molecule has 0 fully saturated rings. The van der Waals surface area contributed by atoms with Gasteiger partial charge in [0.05, 0.1) is 57.7 Å². The first kappa shape index (κ1) is 34.5. The van der Waals surface area contributed by atoms with Gasteiger partial charge in [-0.2, -0.15) is 0 Å². The summed E-state index contributed by atoms with van der Waals surface area (Å²) in [6.45, 7) is 7.28. The lowest BCUT2D eigenvalue weighted by Crippen LogP contribution is -2.24. The fraction of sp³-hybridized carbons (Fsp3) is 0.297. The normalized spacial score (nSPS) is 11.7. The van der Waals surface area contributed by atoms with Crippen molar-refractivity contribution in [2.75, 3.05) is 34.4 Å².